The summed E-state index contributed by atoms with van der Waals surface area (Å²) >= 11 is 4.63. The van der Waals surface area contributed by atoms with Crippen LogP contribution in [0.5, 0.6) is 0 Å². The molecule has 0 aliphatic rings. The fourth-order valence-electron chi connectivity index (χ4n) is 0.793. The van der Waals surface area contributed by atoms with Crippen LogP contribution in [0.1, 0.15) is 10.6 Å². The minimum Gasteiger partial charge on any atom is -0.484 e. The van der Waals surface area contributed by atoms with Crippen LogP contribution in [0.4, 0.5) is 5.82 Å². The van der Waals surface area contributed by atoms with Crippen molar-refractivity contribution >= 4 is 35.3 Å². The monoisotopic (exact) mass is 225 g/mol. The van der Waals surface area contributed by atoms with Crippen LogP contribution in [0.15, 0.2) is 12.3 Å². The average molecular weight is 225 g/mol. The standard InChI is InChI=1S/C8H7N3O3S/c1-14-8(15)6(13)7-9-3-2-5(11-7)10-4-12/h2-4H,1H3,(H,9,10,11,12). The highest BCUT2D eigenvalue weighted by Gasteiger charge is 2.15. The quantitative estimate of drug-likeness (QED) is 0.448. The zero-order valence-corrected chi connectivity index (χ0v) is 8.58. The van der Waals surface area contributed by atoms with Crippen LogP contribution in [0.3, 0.4) is 0 Å². The van der Waals surface area contributed by atoms with Crippen molar-refractivity contribution in [2.45, 2.75) is 0 Å². The molecule has 1 N–H and O–H groups in total. The second-order valence-electron chi connectivity index (χ2n) is 2.35. The lowest BCUT2D eigenvalue weighted by molar-refractivity contribution is -0.105. The Morgan fingerprint density at radius 3 is 3.00 bits per heavy atom. The van der Waals surface area contributed by atoms with Gasteiger partial charge in [0.15, 0.2) is 0 Å². The first-order chi connectivity index (χ1) is 7.19. The van der Waals surface area contributed by atoms with Crippen molar-refractivity contribution in [3.05, 3.63) is 18.1 Å². The zero-order valence-electron chi connectivity index (χ0n) is 7.76. The number of methoxy groups -OCH3 is 1. The maximum absolute atomic E-state index is 11.4. The molecule has 1 rings (SSSR count). The Labute approximate surface area is 90.7 Å². The summed E-state index contributed by atoms with van der Waals surface area (Å²) < 4.78 is 4.58. The number of nitrogens with zero attached hydrogens (tertiary/aromatic N) is 2. The number of nitrogens with one attached hydrogen (secondary N) is 1. The van der Waals surface area contributed by atoms with E-state index in [0.29, 0.717) is 6.41 Å². The number of amides is 1. The van der Waals surface area contributed by atoms with Crippen LogP contribution in [-0.4, -0.2) is 34.3 Å². The molecule has 78 valence electrons. The summed E-state index contributed by atoms with van der Waals surface area (Å²) in [6.45, 7) is 0. The number of thiocarbonyl (C=S) groups is 1. The molecule has 15 heavy (non-hydrogen) atoms. The number of carbonyl (C=O) groups excluding carboxylic acids is 2. The van der Waals surface area contributed by atoms with Crippen LogP contribution in [0.2, 0.25) is 0 Å². The van der Waals surface area contributed by atoms with Gasteiger partial charge in [0.05, 0.1) is 7.11 Å². The Morgan fingerprint density at radius 2 is 2.40 bits per heavy atom. The Hall–Kier alpha value is -1.89. The zero-order chi connectivity index (χ0) is 11.3. The minimum absolute atomic E-state index is 0.117. The number of Topliss-reactive ketones (excluding diaryl/α,β-unsaturated/α-hetero) is 1. The van der Waals surface area contributed by atoms with Gasteiger partial charge < -0.3 is 10.1 Å². The van der Waals surface area contributed by atoms with Crippen molar-refractivity contribution in [3.63, 3.8) is 0 Å². The second kappa shape index (κ2) is 5.11. The maximum atomic E-state index is 11.4. The number of carbonyl (C=O) groups is 2. The molecule has 0 aliphatic heterocycles. The minimum atomic E-state index is -0.595. The van der Waals surface area contributed by atoms with Gasteiger partial charge in [0, 0.05) is 6.20 Å². The van der Waals surface area contributed by atoms with Crippen molar-refractivity contribution in [2.24, 2.45) is 0 Å². The molecule has 0 radical (unpaired) electrons. The van der Waals surface area contributed by atoms with Crippen LogP contribution < -0.4 is 5.32 Å². The molecule has 6 nitrogen and oxygen atoms in total. The summed E-state index contributed by atoms with van der Waals surface area (Å²) in [6.07, 6.45) is 1.79. The Balaban J connectivity index is 2.94. The van der Waals surface area contributed by atoms with E-state index in [9.17, 15) is 9.59 Å². The third-order valence-corrected chi connectivity index (χ3v) is 1.79. The molecular formula is C8H7N3O3S. The molecule has 0 aliphatic carbocycles. The molecule has 0 unspecified atom stereocenters. The van der Waals surface area contributed by atoms with E-state index < -0.39 is 5.78 Å². The number of ketones is 1. The van der Waals surface area contributed by atoms with E-state index in [0.717, 1.165) is 0 Å². The second-order valence-corrected chi connectivity index (χ2v) is 2.72. The molecule has 0 aromatic carbocycles. The fourth-order valence-corrected chi connectivity index (χ4v) is 0.884. The molecule has 0 bridgehead atoms. The van der Waals surface area contributed by atoms with E-state index in [1.807, 2.05) is 0 Å². The van der Waals surface area contributed by atoms with Crippen molar-refractivity contribution in [1.29, 1.82) is 0 Å². The molecular weight excluding hydrogens is 218 g/mol. The average Bonchev–Trinajstić information content (AvgIpc) is 2.28. The van der Waals surface area contributed by atoms with Gasteiger partial charge in [0.1, 0.15) is 5.82 Å². The third kappa shape index (κ3) is 2.78. The first-order valence-electron chi connectivity index (χ1n) is 3.85. The van der Waals surface area contributed by atoms with Gasteiger partial charge in [-0.05, 0) is 18.3 Å². The van der Waals surface area contributed by atoms with E-state index in [-0.39, 0.29) is 16.7 Å². The van der Waals surface area contributed by atoms with Crippen molar-refractivity contribution in [2.75, 3.05) is 12.4 Å². The lowest BCUT2D eigenvalue weighted by Gasteiger charge is -2.01. The highest BCUT2D eigenvalue weighted by molar-refractivity contribution is 7.81. The lowest BCUT2D eigenvalue weighted by atomic mass is 10.4. The molecule has 1 aromatic rings. The topological polar surface area (TPSA) is 81.2 Å². The van der Waals surface area contributed by atoms with Crippen LogP contribution in [0, 0.1) is 0 Å². The number of rotatable bonds is 4. The smallest absolute Gasteiger partial charge is 0.276 e. The van der Waals surface area contributed by atoms with Crippen molar-refractivity contribution in [1.82, 2.24) is 9.97 Å². The van der Waals surface area contributed by atoms with E-state index in [1.54, 1.807) is 0 Å². The number of hydrogen-bond donors (Lipinski definition) is 1. The van der Waals surface area contributed by atoms with Crippen LogP contribution in [-0.2, 0) is 9.53 Å². The largest absolute Gasteiger partial charge is 0.484 e. The molecule has 0 atom stereocenters. The number of ether oxygens (including phenoxy) is 1. The summed E-state index contributed by atoms with van der Waals surface area (Å²) in [5.74, 6) is -0.488. The van der Waals surface area contributed by atoms with Gasteiger partial charge >= 0.3 is 0 Å². The molecule has 0 fully saturated rings. The highest BCUT2D eigenvalue weighted by atomic mass is 32.1. The molecule has 1 amide bonds. The number of anilines is 1. The van der Waals surface area contributed by atoms with Gasteiger partial charge in [-0.25, -0.2) is 9.97 Å². The van der Waals surface area contributed by atoms with Crippen LogP contribution >= 0.6 is 12.2 Å². The third-order valence-electron chi connectivity index (χ3n) is 1.44. The van der Waals surface area contributed by atoms with Gasteiger partial charge in [-0.1, -0.05) is 0 Å². The summed E-state index contributed by atoms with van der Waals surface area (Å²) in [7, 11) is 1.29. The molecule has 0 spiro atoms. The van der Waals surface area contributed by atoms with E-state index in [1.165, 1.54) is 19.4 Å². The van der Waals surface area contributed by atoms with Gasteiger partial charge in [-0.2, -0.15) is 0 Å². The molecule has 1 heterocycles. The first kappa shape index (κ1) is 11.2. The maximum Gasteiger partial charge on any atom is 0.276 e. The van der Waals surface area contributed by atoms with Gasteiger partial charge in [-0.15, -0.1) is 0 Å². The Morgan fingerprint density at radius 1 is 1.67 bits per heavy atom. The van der Waals surface area contributed by atoms with Crippen molar-refractivity contribution in [3.8, 4) is 0 Å². The van der Waals surface area contributed by atoms with Crippen LogP contribution in [0.25, 0.3) is 0 Å². The predicted molar refractivity (Wildman–Crippen MR) is 55.7 cm³/mol. The summed E-state index contributed by atoms with van der Waals surface area (Å²) in [4.78, 5) is 29.0. The van der Waals surface area contributed by atoms with Crippen molar-refractivity contribution < 1.29 is 14.3 Å². The summed E-state index contributed by atoms with van der Waals surface area (Å²) in [5, 5.41) is 2.07. The molecule has 1 aromatic heterocycles. The first-order valence-corrected chi connectivity index (χ1v) is 4.25. The van der Waals surface area contributed by atoms with E-state index in [4.69, 9.17) is 0 Å². The van der Waals surface area contributed by atoms with E-state index in [2.05, 4.69) is 32.2 Å². The predicted octanol–water partition coefficient (Wildman–Crippen LogP) is 0.201. The summed E-state index contributed by atoms with van der Waals surface area (Å²) in [5.41, 5.74) is 0. The van der Waals surface area contributed by atoms with Gasteiger partial charge in [-0.3, -0.25) is 9.59 Å². The summed E-state index contributed by atoms with van der Waals surface area (Å²) in [6, 6.07) is 1.45. The lowest BCUT2D eigenvalue weighted by Crippen LogP contribution is -2.17. The highest BCUT2D eigenvalue weighted by Crippen LogP contribution is 2.02. The Bertz CT molecular complexity index is 408. The molecule has 7 heteroatoms. The van der Waals surface area contributed by atoms with Gasteiger partial charge in [0.2, 0.25) is 17.3 Å². The SMILES string of the molecule is COC(=S)C(=O)c1nccc(NC=O)n1. The Kier molecular flexibility index (Phi) is 3.81. The molecule has 0 saturated heterocycles. The van der Waals surface area contributed by atoms with Gasteiger partial charge in [0.25, 0.3) is 5.78 Å². The normalized spacial score (nSPS) is 9.13. The molecule has 0 saturated carbocycles. The fraction of sp³-hybridized carbons (Fsp3) is 0.125. The van der Waals surface area contributed by atoms with E-state index >= 15 is 0 Å². The number of aromatic nitrogens is 2. The number of hydrogen-bond acceptors (Lipinski definition) is 6.